The van der Waals surface area contributed by atoms with E-state index in [4.69, 9.17) is 0 Å². The van der Waals surface area contributed by atoms with Crippen LogP contribution in [-0.4, -0.2) is 34.7 Å². The molecule has 0 aliphatic carbocycles. The molecule has 182 valence electrons. The number of tetrazole rings is 1. The molecule has 0 aliphatic heterocycles. The van der Waals surface area contributed by atoms with Crippen molar-refractivity contribution in [3.63, 3.8) is 0 Å². The predicted octanol–water partition coefficient (Wildman–Crippen LogP) is 4.75. The fourth-order valence-electron chi connectivity index (χ4n) is 4.74. The fraction of sp³-hybridized carbons (Fsp3) is 0.250. The zero-order valence-corrected chi connectivity index (χ0v) is 20.8. The summed E-state index contributed by atoms with van der Waals surface area (Å²) in [6.07, 6.45) is 8.24. The Balaban J connectivity index is 1.50. The lowest BCUT2D eigenvalue weighted by molar-refractivity contribution is 0.691. The number of rotatable bonds is 8. The van der Waals surface area contributed by atoms with Gasteiger partial charge in [-0.25, -0.2) is 9.89 Å². The minimum atomic E-state index is -0.00103. The summed E-state index contributed by atoms with van der Waals surface area (Å²) in [5.41, 5.74) is 8.21. The van der Waals surface area contributed by atoms with Crippen LogP contribution in [0.2, 0.25) is 0 Å². The molecule has 3 heterocycles. The number of H-pyrrole nitrogens is 1. The lowest BCUT2D eigenvalue weighted by Gasteiger charge is -2.11. The molecule has 0 saturated heterocycles. The van der Waals surface area contributed by atoms with Gasteiger partial charge in [0.15, 0.2) is 5.82 Å². The molecule has 0 fully saturated rings. The van der Waals surface area contributed by atoms with Crippen molar-refractivity contribution >= 4 is 0 Å². The number of para-hydroxylation sites is 1. The lowest BCUT2D eigenvalue weighted by atomic mass is 10.0. The van der Waals surface area contributed by atoms with Crippen LogP contribution in [0.15, 0.2) is 71.9 Å². The number of nitrogens with one attached hydrogen (secondary N) is 1. The molecule has 0 saturated carbocycles. The first-order valence-electron chi connectivity index (χ1n) is 12.3. The van der Waals surface area contributed by atoms with E-state index in [0.717, 1.165) is 58.5 Å². The minimum Gasteiger partial charge on any atom is -0.292 e. The van der Waals surface area contributed by atoms with Crippen LogP contribution in [-0.2, 0) is 19.4 Å². The molecule has 0 atom stereocenters. The first-order chi connectivity index (χ1) is 17.6. The molecule has 3 aromatic heterocycles. The van der Waals surface area contributed by atoms with E-state index in [1.54, 1.807) is 6.20 Å². The molecule has 0 amide bonds. The van der Waals surface area contributed by atoms with E-state index in [2.05, 4.69) is 88.8 Å². The van der Waals surface area contributed by atoms with Gasteiger partial charge in [0, 0.05) is 35.4 Å². The van der Waals surface area contributed by atoms with E-state index in [1.807, 2.05) is 27.6 Å². The van der Waals surface area contributed by atoms with Crippen LogP contribution in [0.3, 0.4) is 0 Å². The van der Waals surface area contributed by atoms with Crippen molar-refractivity contribution in [1.82, 2.24) is 34.7 Å². The third kappa shape index (κ3) is 4.37. The van der Waals surface area contributed by atoms with Gasteiger partial charge in [-0.15, -0.1) is 5.10 Å². The lowest BCUT2D eigenvalue weighted by Crippen LogP contribution is -2.25. The Labute approximate surface area is 209 Å². The van der Waals surface area contributed by atoms with E-state index < -0.39 is 0 Å². The second-order valence-electron chi connectivity index (χ2n) is 8.91. The first-order valence-corrected chi connectivity index (χ1v) is 12.3. The molecular formula is C28H29N7O. The molecular weight excluding hydrogens is 450 g/mol. The topological polar surface area (TPSA) is 94.3 Å². The maximum atomic E-state index is 13.6. The monoisotopic (exact) mass is 479 g/mol. The zero-order valence-electron chi connectivity index (χ0n) is 20.8. The number of benzene rings is 2. The van der Waals surface area contributed by atoms with Gasteiger partial charge in [0.05, 0.1) is 12.2 Å². The molecule has 2 aromatic carbocycles. The van der Waals surface area contributed by atoms with Crippen LogP contribution in [0.25, 0.3) is 28.2 Å². The quantitative estimate of drug-likeness (QED) is 0.347. The summed E-state index contributed by atoms with van der Waals surface area (Å²) in [6.45, 7) is 6.85. The van der Waals surface area contributed by atoms with Crippen molar-refractivity contribution in [2.75, 3.05) is 0 Å². The van der Waals surface area contributed by atoms with Crippen molar-refractivity contribution in [2.24, 2.45) is 0 Å². The van der Waals surface area contributed by atoms with Crippen LogP contribution in [0.1, 0.15) is 42.7 Å². The number of aryl methyl sites for hydroxylation is 3. The van der Waals surface area contributed by atoms with Gasteiger partial charge in [-0.05, 0) is 58.5 Å². The van der Waals surface area contributed by atoms with E-state index in [-0.39, 0.29) is 5.69 Å². The standard InChI is InChI=1S/C28H29N7O/c1-4-7-23-18-35(26-19(3)8-6-9-21(26)5-2)28(36)34(23)17-20-10-12-22(13-11-20)25-16-29-15-14-24(25)27-30-32-33-31-27/h6,8-16,18H,4-5,7,17H2,1-3H3,(H,30,31,32,33). The van der Waals surface area contributed by atoms with Crippen LogP contribution in [0.4, 0.5) is 0 Å². The molecule has 1 N–H and O–H groups in total. The highest BCUT2D eigenvalue weighted by molar-refractivity contribution is 5.79. The molecule has 5 aromatic rings. The normalized spacial score (nSPS) is 11.2. The Hall–Kier alpha value is -4.33. The van der Waals surface area contributed by atoms with Gasteiger partial charge >= 0.3 is 5.69 Å². The molecule has 0 radical (unpaired) electrons. The van der Waals surface area contributed by atoms with E-state index in [9.17, 15) is 4.79 Å². The highest BCUT2D eigenvalue weighted by atomic mass is 16.1. The third-order valence-corrected chi connectivity index (χ3v) is 6.54. The summed E-state index contributed by atoms with van der Waals surface area (Å²) in [6, 6.07) is 16.4. The summed E-state index contributed by atoms with van der Waals surface area (Å²) >= 11 is 0. The van der Waals surface area contributed by atoms with Gasteiger partial charge < -0.3 is 0 Å². The van der Waals surface area contributed by atoms with E-state index in [1.165, 1.54) is 5.56 Å². The summed E-state index contributed by atoms with van der Waals surface area (Å²) in [5.74, 6) is 0.594. The Morgan fingerprint density at radius 3 is 2.56 bits per heavy atom. The molecule has 0 spiro atoms. The van der Waals surface area contributed by atoms with Crippen molar-refractivity contribution in [3.8, 4) is 28.2 Å². The number of pyridine rings is 1. The van der Waals surface area contributed by atoms with Gasteiger partial charge in [0.25, 0.3) is 0 Å². The summed E-state index contributed by atoms with van der Waals surface area (Å²) in [7, 11) is 0. The van der Waals surface area contributed by atoms with Crippen molar-refractivity contribution < 1.29 is 0 Å². The number of hydrogen-bond donors (Lipinski definition) is 1. The maximum absolute atomic E-state index is 13.6. The molecule has 0 bridgehead atoms. The van der Waals surface area contributed by atoms with E-state index in [0.29, 0.717) is 12.4 Å². The van der Waals surface area contributed by atoms with Gasteiger partial charge in [-0.2, -0.15) is 0 Å². The smallest absolute Gasteiger partial charge is 0.292 e. The number of hydrogen-bond acceptors (Lipinski definition) is 5. The Morgan fingerprint density at radius 2 is 1.83 bits per heavy atom. The van der Waals surface area contributed by atoms with Crippen LogP contribution in [0, 0.1) is 6.92 Å². The van der Waals surface area contributed by atoms with Crippen molar-refractivity contribution in [1.29, 1.82) is 0 Å². The SMILES string of the molecule is CCCc1cn(-c2c(C)cccc2CC)c(=O)n1Cc1ccc(-c2cnccc2-c2nnn[nH]2)cc1. The first kappa shape index (κ1) is 23.4. The minimum absolute atomic E-state index is 0.00103. The Kier molecular flexibility index (Phi) is 6.58. The van der Waals surface area contributed by atoms with Gasteiger partial charge in [0.1, 0.15) is 0 Å². The third-order valence-electron chi connectivity index (χ3n) is 6.54. The summed E-state index contributed by atoms with van der Waals surface area (Å²) in [4.78, 5) is 17.9. The molecule has 36 heavy (non-hydrogen) atoms. The molecule has 8 nitrogen and oxygen atoms in total. The maximum Gasteiger partial charge on any atom is 0.333 e. The summed E-state index contributed by atoms with van der Waals surface area (Å²) < 4.78 is 3.74. The number of nitrogens with zero attached hydrogens (tertiary/aromatic N) is 6. The van der Waals surface area contributed by atoms with Crippen LogP contribution in [0.5, 0.6) is 0 Å². The number of aromatic amines is 1. The number of imidazole rings is 1. The van der Waals surface area contributed by atoms with E-state index >= 15 is 0 Å². The van der Waals surface area contributed by atoms with Crippen molar-refractivity contribution in [3.05, 3.63) is 100.0 Å². The van der Waals surface area contributed by atoms with Gasteiger partial charge in [0.2, 0.25) is 0 Å². The highest BCUT2D eigenvalue weighted by Crippen LogP contribution is 2.29. The average Bonchev–Trinajstić information content (AvgIpc) is 3.54. The zero-order chi connectivity index (χ0) is 25.1. The molecule has 0 unspecified atom stereocenters. The second-order valence-corrected chi connectivity index (χ2v) is 8.91. The average molecular weight is 480 g/mol. The summed E-state index contributed by atoms with van der Waals surface area (Å²) in [5, 5.41) is 14.2. The van der Waals surface area contributed by atoms with Gasteiger partial charge in [-0.3, -0.25) is 14.1 Å². The fourth-order valence-corrected chi connectivity index (χ4v) is 4.74. The molecule has 5 rings (SSSR count). The van der Waals surface area contributed by atoms with Crippen molar-refractivity contribution in [2.45, 2.75) is 46.6 Å². The van der Waals surface area contributed by atoms with Crippen LogP contribution >= 0.6 is 0 Å². The molecule has 0 aliphatic rings. The largest absolute Gasteiger partial charge is 0.333 e. The Morgan fingerprint density at radius 1 is 1.00 bits per heavy atom. The van der Waals surface area contributed by atoms with Gasteiger partial charge in [-0.1, -0.05) is 62.7 Å². The van der Waals surface area contributed by atoms with Crippen LogP contribution < -0.4 is 5.69 Å². The Bertz CT molecular complexity index is 1530. The highest BCUT2D eigenvalue weighted by Gasteiger charge is 2.16. The predicted molar refractivity (Wildman–Crippen MR) is 140 cm³/mol. The molecule has 8 heteroatoms. The second kappa shape index (κ2) is 10.1. The number of aromatic nitrogens is 7.